The summed E-state index contributed by atoms with van der Waals surface area (Å²) < 4.78 is 5.87. The standard InChI is InChI=1S/C23H21N5O4S/c1-26(2)16-11-9-15(10-12-16)13-18-21(30)28(17-7-5-4-6-8-17)23(24-18)33-14-19(29)20-22(31)32-25-27(20)3/h4-13H,14H2,1-3H3/p+1/b18-13+. The summed E-state index contributed by atoms with van der Waals surface area (Å²) in [6.45, 7) is 0. The fourth-order valence-electron chi connectivity index (χ4n) is 3.26. The molecule has 0 saturated carbocycles. The summed E-state index contributed by atoms with van der Waals surface area (Å²) in [6, 6.07) is 16.8. The van der Waals surface area contributed by atoms with Crippen molar-refractivity contribution in [1.29, 1.82) is 0 Å². The van der Waals surface area contributed by atoms with Gasteiger partial charge in [-0.15, -0.1) is 0 Å². The van der Waals surface area contributed by atoms with Crippen LogP contribution in [0.3, 0.4) is 0 Å². The molecule has 0 spiro atoms. The second kappa shape index (κ2) is 9.29. The molecular formula is C23H22N5O4S+. The Hall–Kier alpha value is -3.92. The third-order valence-electron chi connectivity index (χ3n) is 4.96. The van der Waals surface area contributed by atoms with Gasteiger partial charge in [-0.2, -0.15) is 0 Å². The molecule has 0 saturated heterocycles. The molecule has 1 amide bonds. The second-order valence-electron chi connectivity index (χ2n) is 7.49. The number of nitrogens with one attached hydrogen (secondary N) is 1. The van der Waals surface area contributed by atoms with Gasteiger partial charge in [0.15, 0.2) is 12.2 Å². The fraction of sp³-hybridized carbons (Fsp3) is 0.174. The predicted octanol–water partition coefficient (Wildman–Crippen LogP) is 2.22. The van der Waals surface area contributed by atoms with Gasteiger partial charge in [0.25, 0.3) is 5.91 Å². The maximum absolute atomic E-state index is 13.2. The van der Waals surface area contributed by atoms with Crippen molar-refractivity contribution in [3.05, 3.63) is 82.0 Å². The van der Waals surface area contributed by atoms with Crippen LogP contribution in [-0.2, 0) is 11.8 Å². The highest BCUT2D eigenvalue weighted by Crippen LogP contribution is 2.29. The minimum absolute atomic E-state index is 0.0866. The van der Waals surface area contributed by atoms with Gasteiger partial charge in [0, 0.05) is 19.8 Å². The van der Waals surface area contributed by atoms with E-state index in [0.29, 0.717) is 10.9 Å². The molecule has 0 unspecified atom stereocenters. The maximum atomic E-state index is 13.2. The third-order valence-corrected chi connectivity index (χ3v) is 5.90. The van der Waals surface area contributed by atoms with E-state index in [4.69, 9.17) is 0 Å². The highest BCUT2D eigenvalue weighted by molar-refractivity contribution is 8.14. The molecule has 1 aromatic heterocycles. The first-order valence-corrected chi connectivity index (χ1v) is 11.0. The lowest BCUT2D eigenvalue weighted by atomic mass is 10.1. The van der Waals surface area contributed by atoms with Crippen LogP contribution in [0.25, 0.3) is 6.08 Å². The number of carbonyl (C=O) groups is 2. The van der Waals surface area contributed by atoms with Crippen molar-refractivity contribution >= 4 is 46.1 Å². The summed E-state index contributed by atoms with van der Waals surface area (Å²) >= 11 is 1.09. The fourth-order valence-corrected chi connectivity index (χ4v) is 4.14. The van der Waals surface area contributed by atoms with Crippen molar-refractivity contribution in [3.63, 3.8) is 0 Å². The zero-order chi connectivity index (χ0) is 23.5. The van der Waals surface area contributed by atoms with Crippen molar-refractivity contribution in [2.75, 3.05) is 29.6 Å². The minimum atomic E-state index is -0.741. The minimum Gasteiger partial charge on any atom is -0.378 e. The van der Waals surface area contributed by atoms with Gasteiger partial charge in [0.05, 0.1) is 11.4 Å². The molecule has 3 aromatic rings. The lowest BCUT2D eigenvalue weighted by Gasteiger charge is -2.17. The van der Waals surface area contributed by atoms with Crippen LogP contribution in [0.5, 0.6) is 0 Å². The maximum Gasteiger partial charge on any atom is 0.438 e. The van der Waals surface area contributed by atoms with Crippen molar-refractivity contribution in [1.82, 2.24) is 5.27 Å². The van der Waals surface area contributed by atoms with Crippen molar-refractivity contribution < 1.29 is 18.8 Å². The number of amidine groups is 1. The van der Waals surface area contributed by atoms with Crippen molar-refractivity contribution in [3.8, 4) is 0 Å². The van der Waals surface area contributed by atoms with Gasteiger partial charge < -0.3 is 4.90 Å². The number of para-hydroxylation sites is 1. The summed E-state index contributed by atoms with van der Waals surface area (Å²) in [4.78, 5) is 45.6. The van der Waals surface area contributed by atoms with Gasteiger partial charge in [-0.3, -0.25) is 19.0 Å². The topological polar surface area (TPSA) is 103 Å². The molecule has 33 heavy (non-hydrogen) atoms. The number of anilines is 2. The quantitative estimate of drug-likeness (QED) is 0.341. The summed E-state index contributed by atoms with van der Waals surface area (Å²) in [7, 11) is 5.43. The Labute approximate surface area is 194 Å². The number of hydrogen-bond acceptors (Lipinski definition) is 7. The Kier molecular flexibility index (Phi) is 6.27. The molecule has 0 atom stereocenters. The molecule has 0 fully saturated rings. The van der Waals surface area contributed by atoms with Gasteiger partial charge >= 0.3 is 11.3 Å². The number of aliphatic imine (C=N–C) groups is 1. The van der Waals surface area contributed by atoms with Crippen LogP contribution in [0.15, 0.2) is 74.6 Å². The molecule has 0 bridgehead atoms. The number of rotatable bonds is 6. The van der Waals surface area contributed by atoms with E-state index in [-0.39, 0.29) is 23.1 Å². The number of amides is 1. The smallest absolute Gasteiger partial charge is 0.378 e. The lowest BCUT2D eigenvalue weighted by Crippen LogP contribution is -2.40. The zero-order valence-electron chi connectivity index (χ0n) is 18.3. The van der Waals surface area contributed by atoms with E-state index in [1.807, 2.05) is 61.5 Å². The molecule has 2 aromatic carbocycles. The lowest BCUT2D eigenvalue weighted by molar-refractivity contribution is -0.741. The molecule has 0 radical (unpaired) electrons. The van der Waals surface area contributed by atoms with Crippen molar-refractivity contribution in [2.45, 2.75) is 0 Å². The van der Waals surface area contributed by atoms with Gasteiger partial charge in [-0.1, -0.05) is 46.8 Å². The van der Waals surface area contributed by atoms with E-state index < -0.39 is 11.4 Å². The van der Waals surface area contributed by atoms with Crippen LogP contribution < -0.4 is 20.1 Å². The average molecular weight is 465 g/mol. The molecule has 1 N–H and O–H groups in total. The first-order valence-electron chi connectivity index (χ1n) is 10.1. The molecule has 9 nitrogen and oxygen atoms in total. The summed E-state index contributed by atoms with van der Waals surface area (Å²) in [5.74, 6) is -0.812. The van der Waals surface area contributed by atoms with Crippen LogP contribution >= 0.6 is 11.8 Å². The number of benzene rings is 2. The van der Waals surface area contributed by atoms with Crippen LogP contribution in [0.1, 0.15) is 16.1 Å². The predicted molar refractivity (Wildman–Crippen MR) is 127 cm³/mol. The van der Waals surface area contributed by atoms with Gasteiger partial charge in [-0.05, 0) is 41.2 Å². The molecule has 4 rings (SSSR count). The Morgan fingerprint density at radius 1 is 1.15 bits per heavy atom. The Balaban J connectivity index is 1.63. The highest BCUT2D eigenvalue weighted by Gasteiger charge is 2.34. The number of aryl methyl sites for hydroxylation is 1. The molecular weight excluding hydrogens is 442 g/mol. The highest BCUT2D eigenvalue weighted by atomic mass is 32.2. The monoisotopic (exact) mass is 464 g/mol. The second-order valence-corrected chi connectivity index (χ2v) is 8.43. The van der Waals surface area contributed by atoms with Gasteiger partial charge in [0.2, 0.25) is 5.78 Å². The van der Waals surface area contributed by atoms with Crippen LogP contribution in [0.2, 0.25) is 0 Å². The molecule has 168 valence electrons. The molecule has 1 aliphatic rings. The Morgan fingerprint density at radius 2 is 1.85 bits per heavy atom. The SMILES string of the molecule is CN(C)c1ccc(/C=C2/N=C(SCC(=O)c3c(=O)o[nH][n+]3C)N(c3ccccc3)C2=O)cc1. The zero-order valence-corrected chi connectivity index (χ0v) is 19.1. The molecule has 2 heterocycles. The Bertz CT molecular complexity index is 1310. The number of Topliss-reactive ketones (excluding diaryl/α,β-unsaturated/α-hetero) is 1. The number of aromatic nitrogens is 2. The first-order chi connectivity index (χ1) is 15.8. The van der Waals surface area contributed by atoms with Crippen LogP contribution in [-0.4, -0.2) is 42.0 Å². The number of nitrogens with zero attached hydrogens (tertiary/aromatic N) is 4. The number of thioether (sulfide) groups is 1. The third kappa shape index (κ3) is 4.65. The molecule has 10 heteroatoms. The number of hydrogen-bond donors (Lipinski definition) is 1. The van der Waals surface area contributed by atoms with Crippen LogP contribution in [0, 0.1) is 0 Å². The Morgan fingerprint density at radius 3 is 2.45 bits per heavy atom. The molecule has 1 aliphatic heterocycles. The van der Waals surface area contributed by atoms with E-state index >= 15 is 0 Å². The normalized spacial score (nSPS) is 14.6. The summed E-state index contributed by atoms with van der Waals surface area (Å²) in [5.41, 5.74) is 1.93. The van der Waals surface area contributed by atoms with Crippen molar-refractivity contribution in [2.24, 2.45) is 12.0 Å². The summed E-state index contributed by atoms with van der Waals surface area (Å²) in [5, 5.41) is 2.68. The van der Waals surface area contributed by atoms with E-state index in [1.54, 1.807) is 18.2 Å². The number of ketones is 1. The van der Waals surface area contributed by atoms with E-state index in [0.717, 1.165) is 23.0 Å². The van der Waals surface area contributed by atoms with Crippen LogP contribution in [0.4, 0.5) is 11.4 Å². The van der Waals surface area contributed by atoms with Gasteiger partial charge in [-0.25, -0.2) is 9.79 Å². The van der Waals surface area contributed by atoms with E-state index in [2.05, 4.69) is 14.8 Å². The van der Waals surface area contributed by atoms with E-state index in [9.17, 15) is 14.4 Å². The van der Waals surface area contributed by atoms with Gasteiger partial charge in [0.1, 0.15) is 5.70 Å². The number of aromatic amines is 1. The number of H-pyrrole nitrogens is 1. The largest absolute Gasteiger partial charge is 0.438 e. The number of carbonyl (C=O) groups excluding carboxylic acids is 2. The first kappa shape index (κ1) is 22.3. The average Bonchev–Trinajstić information content (AvgIpc) is 3.31. The molecule has 0 aliphatic carbocycles. The van der Waals surface area contributed by atoms with E-state index in [1.165, 1.54) is 16.6 Å². The summed E-state index contributed by atoms with van der Waals surface area (Å²) in [6.07, 6.45) is 1.72.